The molecule has 2 aromatic rings. The zero-order chi connectivity index (χ0) is 22.1. The summed E-state index contributed by atoms with van der Waals surface area (Å²) < 4.78 is 13.3. The Balaban J connectivity index is 2.10. The average molecular weight is 413 g/mol. The van der Waals surface area contributed by atoms with E-state index in [4.69, 9.17) is 0 Å². The second-order valence-electron chi connectivity index (χ2n) is 8.13. The molecule has 0 aliphatic heterocycles. The first-order chi connectivity index (χ1) is 14.3. The van der Waals surface area contributed by atoms with Crippen molar-refractivity contribution < 1.29 is 14.0 Å². The van der Waals surface area contributed by atoms with E-state index in [1.54, 1.807) is 24.0 Å². The molecule has 0 fully saturated rings. The van der Waals surface area contributed by atoms with Crippen LogP contribution in [0.25, 0.3) is 0 Å². The Labute approximate surface area is 179 Å². The summed E-state index contributed by atoms with van der Waals surface area (Å²) in [7, 11) is 0. The summed E-state index contributed by atoms with van der Waals surface area (Å²) in [4.78, 5) is 27.3. The van der Waals surface area contributed by atoms with Gasteiger partial charge in [0.2, 0.25) is 11.8 Å². The van der Waals surface area contributed by atoms with Crippen LogP contribution < -0.4 is 5.32 Å². The maximum absolute atomic E-state index is 13.3. The predicted octanol–water partition coefficient (Wildman–Crippen LogP) is 4.51. The fraction of sp³-hybridized carbons (Fsp3) is 0.440. The molecular formula is C25H33FN2O2. The molecule has 0 heterocycles. The molecule has 0 aliphatic carbocycles. The number of benzene rings is 2. The van der Waals surface area contributed by atoms with Crippen molar-refractivity contribution in [3.05, 3.63) is 71.0 Å². The van der Waals surface area contributed by atoms with Gasteiger partial charge in [0.1, 0.15) is 11.9 Å². The summed E-state index contributed by atoms with van der Waals surface area (Å²) in [5.41, 5.74) is 3.15. The standard InChI is InChI=1S/C25H33FN2O2/c1-5-20-6-8-21(9-7-20)12-15-24(29)28(17-22-10-13-23(26)14-11-22)19(4)25(30)27-16-18(2)3/h6-11,13-14,18-19H,5,12,15-17H2,1-4H3,(H,27,30)/t19-/m0/s1. The SMILES string of the molecule is CCc1ccc(CCC(=O)N(Cc2ccc(F)cc2)[C@@H](C)C(=O)NCC(C)C)cc1. The number of carbonyl (C=O) groups excluding carboxylic acids is 2. The van der Waals surface area contributed by atoms with Crippen LogP contribution >= 0.6 is 0 Å². The van der Waals surface area contributed by atoms with Crippen molar-refractivity contribution >= 4 is 11.8 Å². The van der Waals surface area contributed by atoms with Crippen molar-refractivity contribution in [2.75, 3.05) is 6.54 Å². The van der Waals surface area contributed by atoms with E-state index in [9.17, 15) is 14.0 Å². The Morgan fingerprint density at radius 3 is 2.07 bits per heavy atom. The molecule has 30 heavy (non-hydrogen) atoms. The molecule has 0 unspecified atom stereocenters. The zero-order valence-electron chi connectivity index (χ0n) is 18.5. The lowest BCUT2D eigenvalue weighted by molar-refractivity contribution is -0.140. The van der Waals surface area contributed by atoms with E-state index in [0.29, 0.717) is 25.3 Å². The Morgan fingerprint density at radius 2 is 1.50 bits per heavy atom. The predicted molar refractivity (Wildman–Crippen MR) is 118 cm³/mol. The third kappa shape index (κ3) is 7.29. The number of rotatable bonds is 10. The molecular weight excluding hydrogens is 379 g/mol. The van der Waals surface area contributed by atoms with Crippen LogP contribution in [-0.4, -0.2) is 29.3 Å². The van der Waals surface area contributed by atoms with E-state index in [0.717, 1.165) is 17.5 Å². The van der Waals surface area contributed by atoms with Gasteiger partial charge >= 0.3 is 0 Å². The molecule has 0 saturated heterocycles. The summed E-state index contributed by atoms with van der Waals surface area (Å²) in [6, 6.07) is 13.7. The highest BCUT2D eigenvalue weighted by molar-refractivity contribution is 5.87. The molecule has 0 spiro atoms. The third-order valence-corrected chi connectivity index (χ3v) is 5.18. The Hall–Kier alpha value is -2.69. The van der Waals surface area contributed by atoms with Gasteiger partial charge in [0.05, 0.1) is 0 Å². The fourth-order valence-corrected chi connectivity index (χ4v) is 3.16. The second-order valence-corrected chi connectivity index (χ2v) is 8.13. The van der Waals surface area contributed by atoms with E-state index in [1.165, 1.54) is 17.7 Å². The summed E-state index contributed by atoms with van der Waals surface area (Å²) in [5.74, 6) is -0.263. The second kappa shape index (κ2) is 11.5. The van der Waals surface area contributed by atoms with Gasteiger partial charge in [-0.15, -0.1) is 0 Å². The lowest BCUT2D eigenvalue weighted by Gasteiger charge is -2.29. The minimum atomic E-state index is -0.608. The summed E-state index contributed by atoms with van der Waals surface area (Å²) in [6.07, 6.45) is 1.91. The molecule has 1 atom stereocenters. The molecule has 2 rings (SSSR count). The molecule has 2 amide bonds. The van der Waals surface area contributed by atoms with Gasteiger partial charge in [-0.05, 0) is 54.5 Å². The topological polar surface area (TPSA) is 49.4 Å². The van der Waals surface area contributed by atoms with Gasteiger partial charge < -0.3 is 10.2 Å². The highest BCUT2D eigenvalue weighted by Gasteiger charge is 2.26. The minimum Gasteiger partial charge on any atom is -0.354 e. The molecule has 0 bridgehead atoms. The number of amides is 2. The number of hydrogen-bond acceptors (Lipinski definition) is 2. The maximum Gasteiger partial charge on any atom is 0.242 e. The van der Waals surface area contributed by atoms with Crippen molar-refractivity contribution in [2.24, 2.45) is 5.92 Å². The van der Waals surface area contributed by atoms with Gasteiger partial charge in [-0.3, -0.25) is 9.59 Å². The number of hydrogen-bond donors (Lipinski definition) is 1. The van der Waals surface area contributed by atoms with Gasteiger partial charge in [-0.2, -0.15) is 0 Å². The van der Waals surface area contributed by atoms with Crippen LogP contribution in [0, 0.1) is 11.7 Å². The summed E-state index contributed by atoms with van der Waals surface area (Å²) >= 11 is 0. The van der Waals surface area contributed by atoms with E-state index in [1.807, 2.05) is 13.8 Å². The molecule has 5 heteroatoms. The average Bonchev–Trinajstić information content (AvgIpc) is 2.75. The van der Waals surface area contributed by atoms with Crippen LogP contribution in [0.4, 0.5) is 4.39 Å². The lowest BCUT2D eigenvalue weighted by atomic mass is 10.0. The van der Waals surface area contributed by atoms with Crippen molar-refractivity contribution in [1.29, 1.82) is 0 Å². The van der Waals surface area contributed by atoms with Crippen LogP contribution in [-0.2, 0) is 29.0 Å². The van der Waals surface area contributed by atoms with Crippen molar-refractivity contribution in [2.45, 2.75) is 59.5 Å². The number of nitrogens with one attached hydrogen (secondary N) is 1. The van der Waals surface area contributed by atoms with Gasteiger partial charge in [0.25, 0.3) is 0 Å². The summed E-state index contributed by atoms with van der Waals surface area (Å²) in [5, 5.41) is 2.91. The van der Waals surface area contributed by atoms with Gasteiger partial charge in [0.15, 0.2) is 0 Å². The lowest BCUT2D eigenvalue weighted by Crippen LogP contribution is -2.48. The fourth-order valence-electron chi connectivity index (χ4n) is 3.16. The molecule has 2 aromatic carbocycles. The molecule has 0 aliphatic rings. The first-order valence-corrected chi connectivity index (χ1v) is 10.7. The first-order valence-electron chi connectivity index (χ1n) is 10.7. The van der Waals surface area contributed by atoms with Crippen LogP contribution in [0.5, 0.6) is 0 Å². The number of halogens is 1. The van der Waals surface area contributed by atoms with Crippen LogP contribution in [0.1, 0.15) is 50.8 Å². The van der Waals surface area contributed by atoms with Crippen LogP contribution in [0.3, 0.4) is 0 Å². The monoisotopic (exact) mass is 412 g/mol. The van der Waals surface area contributed by atoms with E-state index < -0.39 is 6.04 Å². The van der Waals surface area contributed by atoms with E-state index >= 15 is 0 Å². The largest absolute Gasteiger partial charge is 0.354 e. The Morgan fingerprint density at radius 1 is 0.933 bits per heavy atom. The van der Waals surface area contributed by atoms with Crippen molar-refractivity contribution in [3.8, 4) is 0 Å². The number of nitrogens with zero attached hydrogens (tertiary/aromatic N) is 1. The van der Waals surface area contributed by atoms with Crippen molar-refractivity contribution in [1.82, 2.24) is 10.2 Å². The van der Waals surface area contributed by atoms with Crippen molar-refractivity contribution in [3.63, 3.8) is 0 Å². The molecule has 0 saturated carbocycles. The molecule has 0 radical (unpaired) electrons. The van der Waals surface area contributed by atoms with E-state index in [2.05, 4.69) is 36.5 Å². The number of carbonyl (C=O) groups is 2. The molecule has 1 N–H and O–H groups in total. The Bertz CT molecular complexity index is 816. The third-order valence-electron chi connectivity index (χ3n) is 5.18. The van der Waals surface area contributed by atoms with Gasteiger partial charge in [-0.1, -0.05) is 57.2 Å². The van der Waals surface area contributed by atoms with Gasteiger partial charge in [0, 0.05) is 19.5 Å². The van der Waals surface area contributed by atoms with Crippen LogP contribution in [0.2, 0.25) is 0 Å². The smallest absolute Gasteiger partial charge is 0.242 e. The van der Waals surface area contributed by atoms with Gasteiger partial charge in [-0.25, -0.2) is 4.39 Å². The highest BCUT2D eigenvalue weighted by Crippen LogP contribution is 2.14. The maximum atomic E-state index is 13.3. The molecule has 4 nitrogen and oxygen atoms in total. The quantitative estimate of drug-likeness (QED) is 0.624. The minimum absolute atomic E-state index is 0.0916. The number of aryl methyl sites for hydroxylation is 2. The summed E-state index contributed by atoms with van der Waals surface area (Å²) in [6.45, 7) is 8.73. The first kappa shape index (κ1) is 23.6. The zero-order valence-corrected chi connectivity index (χ0v) is 18.5. The Kier molecular flexibility index (Phi) is 9.03. The highest BCUT2D eigenvalue weighted by atomic mass is 19.1. The molecule has 0 aromatic heterocycles. The van der Waals surface area contributed by atoms with E-state index in [-0.39, 0.29) is 24.2 Å². The normalized spacial score (nSPS) is 11.9. The van der Waals surface area contributed by atoms with Crippen LogP contribution in [0.15, 0.2) is 48.5 Å². The molecule has 162 valence electrons.